The molecule has 1 aliphatic rings. The minimum absolute atomic E-state index is 0.0366. The number of hydrogen-bond acceptors (Lipinski definition) is 3. The standard InChI is InChI=1S/C15H18BrNO3/c1-9(8-20-2)12-7-13(18)17-15(19)14(12)10-4-3-5-11(16)6-10/h3-6,9,12,14H,7-8H2,1-2H3,(H,17,18,19). The molecule has 1 heterocycles. The molecule has 108 valence electrons. The summed E-state index contributed by atoms with van der Waals surface area (Å²) in [6.45, 7) is 2.56. The third-order valence-electron chi connectivity index (χ3n) is 3.76. The number of hydrogen-bond donors (Lipinski definition) is 1. The molecule has 0 bridgehead atoms. The summed E-state index contributed by atoms with van der Waals surface area (Å²) in [5.41, 5.74) is 0.928. The van der Waals surface area contributed by atoms with Crippen LogP contribution in [0.25, 0.3) is 0 Å². The Balaban J connectivity index is 2.34. The molecule has 1 aromatic rings. The third kappa shape index (κ3) is 3.27. The highest BCUT2D eigenvalue weighted by Crippen LogP contribution is 2.36. The van der Waals surface area contributed by atoms with Crippen molar-refractivity contribution < 1.29 is 14.3 Å². The van der Waals surface area contributed by atoms with Crippen molar-refractivity contribution in [1.29, 1.82) is 0 Å². The minimum atomic E-state index is -0.310. The van der Waals surface area contributed by atoms with Crippen molar-refractivity contribution in [2.24, 2.45) is 11.8 Å². The van der Waals surface area contributed by atoms with Gasteiger partial charge in [0.1, 0.15) is 0 Å². The lowest BCUT2D eigenvalue weighted by Crippen LogP contribution is -2.46. The number of halogens is 1. The average molecular weight is 340 g/mol. The number of carbonyl (C=O) groups excluding carboxylic acids is 2. The Kier molecular flexibility index (Phi) is 4.94. The molecule has 0 saturated carbocycles. The molecule has 2 rings (SSSR count). The van der Waals surface area contributed by atoms with Gasteiger partial charge in [-0.25, -0.2) is 0 Å². The fourth-order valence-corrected chi connectivity index (χ4v) is 3.22. The maximum atomic E-state index is 12.2. The smallest absolute Gasteiger partial charge is 0.234 e. The summed E-state index contributed by atoms with van der Waals surface area (Å²) >= 11 is 3.42. The van der Waals surface area contributed by atoms with E-state index in [1.165, 1.54) is 0 Å². The third-order valence-corrected chi connectivity index (χ3v) is 4.26. The molecule has 4 nitrogen and oxygen atoms in total. The van der Waals surface area contributed by atoms with E-state index < -0.39 is 0 Å². The first-order chi connectivity index (χ1) is 9.52. The zero-order valence-corrected chi connectivity index (χ0v) is 13.1. The van der Waals surface area contributed by atoms with E-state index in [4.69, 9.17) is 4.74 Å². The maximum absolute atomic E-state index is 12.2. The number of rotatable bonds is 4. The number of carbonyl (C=O) groups is 2. The van der Waals surface area contributed by atoms with Crippen molar-refractivity contribution in [1.82, 2.24) is 5.32 Å². The molecule has 1 aromatic carbocycles. The van der Waals surface area contributed by atoms with Crippen LogP contribution in [0, 0.1) is 11.8 Å². The Morgan fingerprint density at radius 3 is 2.85 bits per heavy atom. The van der Waals surface area contributed by atoms with Crippen molar-refractivity contribution in [3.05, 3.63) is 34.3 Å². The Morgan fingerprint density at radius 1 is 1.45 bits per heavy atom. The normalized spacial score (nSPS) is 24.4. The van der Waals surface area contributed by atoms with Gasteiger partial charge in [0.05, 0.1) is 5.92 Å². The fourth-order valence-electron chi connectivity index (χ4n) is 2.81. The second-order valence-electron chi connectivity index (χ2n) is 5.25. The molecule has 0 radical (unpaired) electrons. The quantitative estimate of drug-likeness (QED) is 0.857. The van der Waals surface area contributed by atoms with E-state index in [9.17, 15) is 9.59 Å². The van der Waals surface area contributed by atoms with Crippen LogP contribution in [-0.4, -0.2) is 25.5 Å². The Hall–Kier alpha value is -1.20. The largest absolute Gasteiger partial charge is 0.384 e. The summed E-state index contributed by atoms with van der Waals surface area (Å²) in [6.07, 6.45) is 0.355. The van der Waals surface area contributed by atoms with Gasteiger partial charge in [0, 0.05) is 24.6 Å². The molecule has 5 heteroatoms. The Morgan fingerprint density at radius 2 is 2.20 bits per heavy atom. The fraction of sp³-hybridized carbons (Fsp3) is 0.467. The molecule has 3 unspecified atom stereocenters. The van der Waals surface area contributed by atoms with Crippen molar-refractivity contribution in [2.75, 3.05) is 13.7 Å². The van der Waals surface area contributed by atoms with Crippen LogP contribution in [0.2, 0.25) is 0 Å². The van der Waals surface area contributed by atoms with Gasteiger partial charge in [0.15, 0.2) is 0 Å². The van der Waals surface area contributed by atoms with Crippen molar-refractivity contribution >= 4 is 27.7 Å². The van der Waals surface area contributed by atoms with Gasteiger partial charge >= 0.3 is 0 Å². The van der Waals surface area contributed by atoms with Crippen LogP contribution >= 0.6 is 15.9 Å². The minimum Gasteiger partial charge on any atom is -0.384 e. The van der Waals surface area contributed by atoms with Crippen molar-refractivity contribution in [3.63, 3.8) is 0 Å². The van der Waals surface area contributed by atoms with Crippen LogP contribution in [0.3, 0.4) is 0 Å². The van der Waals surface area contributed by atoms with Gasteiger partial charge in [0.2, 0.25) is 11.8 Å². The lowest BCUT2D eigenvalue weighted by molar-refractivity contribution is -0.137. The first-order valence-electron chi connectivity index (χ1n) is 6.61. The van der Waals surface area contributed by atoms with Gasteiger partial charge < -0.3 is 4.74 Å². The molecule has 1 fully saturated rings. The number of methoxy groups -OCH3 is 1. The van der Waals surface area contributed by atoms with E-state index in [0.717, 1.165) is 10.0 Å². The lowest BCUT2D eigenvalue weighted by atomic mass is 9.74. The molecule has 1 N–H and O–H groups in total. The molecule has 3 atom stereocenters. The van der Waals surface area contributed by atoms with Crippen LogP contribution in [0.4, 0.5) is 0 Å². The molecule has 1 aliphatic heterocycles. The Labute approximate surface area is 127 Å². The van der Waals surface area contributed by atoms with Gasteiger partial charge in [-0.3, -0.25) is 14.9 Å². The molecule has 1 saturated heterocycles. The monoisotopic (exact) mass is 339 g/mol. The predicted molar refractivity (Wildman–Crippen MR) is 79.2 cm³/mol. The second-order valence-corrected chi connectivity index (χ2v) is 6.16. The van der Waals surface area contributed by atoms with Crippen molar-refractivity contribution in [3.8, 4) is 0 Å². The number of imide groups is 1. The molecular weight excluding hydrogens is 322 g/mol. The van der Waals surface area contributed by atoms with Crippen LogP contribution < -0.4 is 5.32 Å². The molecular formula is C15H18BrNO3. The molecule has 0 aromatic heterocycles. The molecule has 0 spiro atoms. The number of ether oxygens (including phenoxy) is 1. The van der Waals surface area contributed by atoms with E-state index in [1.807, 2.05) is 31.2 Å². The second kappa shape index (κ2) is 6.50. The zero-order valence-electron chi connectivity index (χ0n) is 11.6. The first-order valence-corrected chi connectivity index (χ1v) is 7.40. The molecule has 20 heavy (non-hydrogen) atoms. The van der Waals surface area contributed by atoms with E-state index in [1.54, 1.807) is 7.11 Å². The summed E-state index contributed by atoms with van der Waals surface area (Å²) in [5.74, 6) is -0.624. The highest BCUT2D eigenvalue weighted by Gasteiger charge is 2.39. The summed E-state index contributed by atoms with van der Waals surface area (Å²) in [5, 5.41) is 2.44. The average Bonchev–Trinajstić information content (AvgIpc) is 2.38. The van der Waals surface area contributed by atoms with E-state index in [-0.39, 0.29) is 29.6 Å². The van der Waals surface area contributed by atoms with Crippen LogP contribution in [0.1, 0.15) is 24.8 Å². The van der Waals surface area contributed by atoms with E-state index in [0.29, 0.717) is 13.0 Å². The van der Waals surface area contributed by atoms with Crippen molar-refractivity contribution in [2.45, 2.75) is 19.3 Å². The van der Waals surface area contributed by atoms with Gasteiger partial charge in [-0.15, -0.1) is 0 Å². The van der Waals surface area contributed by atoms with Gasteiger partial charge in [-0.1, -0.05) is 35.0 Å². The highest BCUT2D eigenvalue weighted by atomic mass is 79.9. The number of piperidine rings is 1. The van der Waals surface area contributed by atoms with E-state index in [2.05, 4.69) is 21.2 Å². The van der Waals surface area contributed by atoms with E-state index >= 15 is 0 Å². The number of amides is 2. The van der Waals surface area contributed by atoms with Gasteiger partial charge in [0.25, 0.3) is 0 Å². The molecule has 2 amide bonds. The predicted octanol–water partition coefficient (Wildman–Crippen LogP) is 2.48. The van der Waals surface area contributed by atoms with Crippen LogP contribution in [-0.2, 0) is 14.3 Å². The zero-order chi connectivity index (χ0) is 14.7. The summed E-state index contributed by atoms with van der Waals surface area (Å²) < 4.78 is 6.11. The van der Waals surface area contributed by atoms with Crippen LogP contribution in [0.5, 0.6) is 0 Å². The summed E-state index contributed by atoms with van der Waals surface area (Å²) in [4.78, 5) is 23.9. The summed E-state index contributed by atoms with van der Waals surface area (Å²) in [6, 6.07) is 7.69. The maximum Gasteiger partial charge on any atom is 0.234 e. The molecule has 0 aliphatic carbocycles. The highest BCUT2D eigenvalue weighted by molar-refractivity contribution is 9.10. The number of benzene rings is 1. The lowest BCUT2D eigenvalue weighted by Gasteiger charge is -2.34. The Bertz CT molecular complexity index is 518. The first kappa shape index (κ1) is 15.2. The summed E-state index contributed by atoms with van der Waals surface area (Å²) in [7, 11) is 1.63. The number of nitrogens with one attached hydrogen (secondary N) is 1. The SMILES string of the molecule is COCC(C)C1CC(=O)NC(=O)C1c1cccc(Br)c1. The van der Waals surface area contributed by atoms with Gasteiger partial charge in [-0.2, -0.15) is 0 Å². The van der Waals surface area contributed by atoms with Gasteiger partial charge in [-0.05, 0) is 29.5 Å². The van der Waals surface area contributed by atoms with Crippen LogP contribution in [0.15, 0.2) is 28.7 Å². The topological polar surface area (TPSA) is 55.4 Å².